The standard InChI is InChI=1S/C30H34N8O5S/c1-4-38-23(10-11-32-38)30(42)37-13-12-31-26(40)21-16-43-28(34-21)20(14-19-8-6-5-7-9-19)33-27(41)22-17-44-29(35-22)25(18(2)3)36-24(39)15-37/h5-11,16-18,20,25H,4,12-15H2,1-3H3,(H,31,40)(H,33,41)(H,36,39)/t20-,25-/m0/s1. The first-order valence-electron chi connectivity index (χ1n) is 14.4. The van der Waals surface area contributed by atoms with E-state index in [2.05, 4.69) is 31.0 Å². The molecule has 0 saturated heterocycles. The third kappa shape index (κ3) is 7.02. The van der Waals surface area contributed by atoms with Crippen LogP contribution in [0, 0.1) is 5.92 Å². The van der Waals surface area contributed by atoms with Crippen LogP contribution >= 0.6 is 11.3 Å². The maximum Gasteiger partial charge on any atom is 0.273 e. The summed E-state index contributed by atoms with van der Waals surface area (Å²) in [7, 11) is 0. The van der Waals surface area contributed by atoms with Crippen molar-refractivity contribution >= 4 is 35.0 Å². The van der Waals surface area contributed by atoms with Gasteiger partial charge < -0.3 is 25.3 Å². The molecule has 1 aromatic carbocycles. The Hall–Kier alpha value is -4.85. The lowest BCUT2D eigenvalue weighted by Gasteiger charge is -2.25. The van der Waals surface area contributed by atoms with E-state index in [9.17, 15) is 19.2 Å². The minimum atomic E-state index is -0.687. The molecule has 1 aliphatic heterocycles. The zero-order valence-corrected chi connectivity index (χ0v) is 25.5. The van der Waals surface area contributed by atoms with Crippen LogP contribution in [0.1, 0.15) is 80.8 Å². The van der Waals surface area contributed by atoms with E-state index in [4.69, 9.17) is 4.42 Å². The normalized spacial score (nSPS) is 18.3. The summed E-state index contributed by atoms with van der Waals surface area (Å²) in [6.45, 7) is 6.05. The fourth-order valence-electron chi connectivity index (χ4n) is 4.85. The molecular formula is C30H34N8O5S. The molecule has 13 nitrogen and oxygen atoms in total. The van der Waals surface area contributed by atoms with Crippen LogP contribution in [0.3, 0.4) is 0 Å². The highest BCUT2D eigenvalue weighted by Gasteiger charge is 2.29. The maximum atomic E-state index is 13.5. The number of aromatic nitrogens is 4. The predicted octanol–water partition coefficient (Wildman–Crippen LogP) is 2.76. The van der Waals surface area contributed by atoms with Crippen LogP contribution in [0.4, 0.5) is 0 Å². The predicted molar refractivity (Wildman–Crippen MR) is 161 cm³/mol. The Morgan fingerprint density at radius 2 is 1.86 bits per heavy atom. The minimum Gasteiger partial charge on any atom is -0.446 e. The van der Waals surface area contributed by atoms with E-state index in [1.165, 1.54) is 28.7 Å². The van der Waals surface area contributed by atoms with Gasteiger partial charge in [-0.25, -0.2) is 9.97 Å². The van der Waals surface area contributed by atoms with Crippen molar-refractivity contribution < 1.29 is 23.6 Å². The molecule has 0 spiro atoms. The van der Waals surface area contributed by atoms with Crippen molar-refractivity contribution in [3.63, 3.8) is 0 Å². The number of oxazole rings is 1. The largest absolute Gasteiger partial charge is 0.446 e. The van der Waals surface area contributed by atoms with Gasteiger partial charge in [0.15, 0.2) is 5.69 Å². The molecule has 0 saturated carbocycles. The van der Waals surface area contributed by atoms with Crippen LogP contribution in [0.15, 0.2) is 58.7 Å². The van der Waals surface area contributed by atoms with Crippen LogP contribution < -0.4 is 16.0 Å². The van der Waals surface area contributed by atoms with Crippen molar-refractivity contribution in [3.05, 3.63) is 87.8 Å². The molecule has 4 heterocycles. The maximum absolute atomic E-state index is 13.5. The highest BCUT2D eigenvalue weighted by molar-refractivity contribution is 7.09. The van der Waals surface area contributed by atoms with Crippen molar-refractivity contribution in [1.29, 1.82) is 0 Å². The highest BCUT2D eigenvalue weighted by Crippen LogP contribution is 2.26. The molecule has 230 valence electrons. The number of carbonyl (C=O) groups is 4. The number of rotatable bonds is 5. The molecule has 2 atom stereocenters. The lowest BCUT2D eigenvalue weighted by Crippen LogP contribution is -2.46. The van der Waals surface area contributed by atoms with Gasteiger partial charge in [0, 0.05) is 37.6 Å². The Balaban J connectivity index is 1.47. The lowest BCUT2D eigenvalue weighted by molar-refractivity contribution is -0.122. The second-order valence-corrected chi connectivity index (χ2v) is 11.6. The molecule has 44 heavy (non-hydrogen) atoms. The number of fused-ring (bicyclic) bond motifs is 4. The minimum absolute atomic E-state index is 0.0174. The number of thiazole rings is 1. The van der Waals surface area contributed by atoms with Crippen molar-refractivity contribution in [2.45, 2.75) is 45.8 Å². The van der Waals surface area contributed by atoms with Gasteiger partial charge in [0.25, 0.3) is 17.7 Å². The number of nitrogens with one attached hydrogen (secondary N) is 3. The van der Waals surface area contributed by atoms with Crippen molar-refractivity contribution in [3.8, 4) is 0 Å². The molecule has 0 fully saturated rings. The second-order valence-electron chi connectivity index (χ2n) is 10.7. The van der Waals surface area contributed by atoms with Gasteiger partial charge in [0.2, 0.25) is 11.8 Å². The van der Waals surface area contributed by atoms with Crippen molar-refractivity contribution in [2.24, 2.45) is 5.92 Å². The highest BCUT2D eigenvalue weighted by atomic mass is 32.1. The Morgan fingerprint density at radius 3 is 2.61 bits per heavy atom. The van der Waals surface area contributed by atoms with E-state index in [-0.39, 0.29) is 42.8 Å². The van der Waals surface area contributed by atoms with E-state index < -0.39 is 35.7 Å². The van der Waals surface area contributed by atoms with Gasteiger partial charge in [-0.3, -0.25) is 23.9 Å². The lowest BCUT2D eigenvalue weighted by atomic mass is 10.0. The monoisotopic (exact) mass is 618 g/mol. The summed E-state index contributed by atoms with van der Waals surface area (Å²) in [6.07, 6.45) is 3.12. The molecule has 4 bridgehead atoms. The number of carbonyl (C=O) groups excluding carboxylic acids is 4. The first kappa shape index (κ1) is 30.6. The van der Waals surface area contributed by atoms with Gasteiger partial charge in [-0.15, -0.1) is 11.3 Å². The first-order valence-corrected chi connectivity index (χ1v) is 15.3. The van der Waals surface area contributed by atoms with Gasteiger partial charge in [0.1, 0.15) is 28.7 Å². The molecule has 3 aromatic heterocycles. The number of hydrogen-bond acceptors (Lipinski definition) is 9. The van der Waals surface area contributed by atoms with E-state index in [0.29, 0.717) is 23.7 Å². The molecule has 0 aliphatic carbocycles. The van der Waals surface area contributed by atoms with Gasteiger partial charge in [-0.2, -0.15) is 5.10 Å². The summed E-state index contributed by atoms with van der Waals surface area (Å²) in [5.41, 5.74) is 1.46. The molecule has 5 rings (SSSR count). The number of nitrogens with zero attached hydrogens (tertiary/aromatic N) is 5. The molecule has 4 aromatic rings. The SMILES string of the molecule is CCn1nccc1C(=O)N1CCNC(=O)c2coc(n2)[C@H](Cc2ccccc2)NC(=O)c2csc(n2)[C@H](C(C)C)NC(=O)C1. The van der Waals surface area contributed by atoms with Crippen LogP contribution in [-0.4, -0.2) is 67.9 Å². The Kier molecular flexibility index (Phi) is 9.48. The summed E-state index contributed by atoms with van der Waals surface area (Å²) in [5.74, 6) is -1.67. The van der Waals surface area contributed by atoms with Gasteiger partial charge in [0.05, 0.1) is 12.6 Å². The molecule has 3 N–H and O–H groups in total. The van der Waals surface area contributed by atoms with E-state index >= 15 is 0 Å². The topological polar surface area (TPSA) is 164 Å². The van der Waals surface area contributed by atoms with Crippen LogP contribution in [0.5, 0.6) is 0 Å². The van der Waals surface area contributed by atoms with E-state index in [1.54, 1.807) is 16.1 Å². The summed E-state index contributed by atoms with van der Waals surface area (Å²) in [6, 6.07) is 9.93. The average Bonchev–Trinajstić information content (AvgIpc) is 3.80. The third-order valence-corrected chi connectivity index (χ3v) is 8.10. The summed E-state index contributed by atoms with van der Waals surface area (Å²) in [5, 5.41) is 15.1. The molecule has 0 unspecified atom stereocenters. The first-order chi connectivity index (χ1) is 21.2. The van der Waals surface area contributed by atoms with E-state index in [0.717, 1.165) is 5.56 Å². The molecule has 1 aliphatic rings. The molecule has 4 amide bonds. The number of amides is 4. The fraction of sp³-hybridized carbons (Fsp3) is 0.367. The van der Waals surface area contributed by atoms with Gasteiger partial charge in [-0.05, 0) is 24.5 Å². The van der Waals surface area contributed by atoms with Crippen molar-refractivity contribution in [1.82, 2.24) is 40.6 Å². The molecule has 0 radical (unpaired) electrons. The Labute approximate surface area is 258 Å². The summed E-state index contributed by atoms with van der Waals surface area (Å²) >= 11 is 1.26. The van der Waals surface area contributed by atoms with Gasteiger partial charge >= 0.3 is 0 Å². The Bertz CT molecular complexity index is 1630. The number of benzene rings is 1. The summed E-state index contributed by atoms with van der Waals surface area (Å²) < 4.78 is 7.23. The van der Waals surface area contributed by atoms with Crippen LogP contribution in [0.2, 0.25) is 0 Å². The zero-order chi connectivity index (χ0) is 31.2. The zero-order valence-electron chi connectivity index (χ0n) is 24.6. The third-order valence-electron chi connectivity index (χ3n) is 7.17. The smallest absolute Gasteiger partial charge is 0.273 e. The van der Waals surface area contributed by atoms with Crippen LogP contribution in [0.25, 0.3) is 0 Å². The van der Waals surface area contributed by atoms with Crippen molar-refractivity contribution in [2.75, 3.05) is 19.6 Å². The Morgan fingerprint density at radius 1 is 1.07 bits per heavy atom. The number of aryl methyl sites for hydroxylation is 1. The van der Waals surface area contributed by atoms with E-state index in [1.807, 2.05) is 51.1 Å². The fourth-order valence-corrected chi connectivity index (χ4v) is 5.87. The summed E-state index contributed by atoms with van der Waals surface area (Å²) in [4.78, 5) is 63.6. The quantitative estimate of drug-likeness (QED) is 0.307. The molecular weight excluding hydrogens is 584 g/mol. The van der Waals surface area contributed by atoms with Gasteiger partial charge in [-0.1, -0.05) is 44.2 Å². The average molecular weight is 619 g/mol. The second kappa shape index (κ2) is 13.6. The number of hydrogen-bond donors (Lipinski definition) is 3. The molecule has 14 heteroatoms. The van der Waals surface area contributed by atoms with Crippen LogP contribution in [-0.2, 0) is 17.8 Å².